The summed E-state index contributed by atoms with van der Waals surface area (Å²) in [6.07, 6.45) is 1.24. The summed E-state index contributed by atoms with van der Waals surface area (Å²) in [5.74, 6) is 0.405. The Kier molecular flexibility index (Phi) is 4.47. The number of aromatic nitrogens is 1. The fraction of sp³-hybridized carbons (Fsp3) is 0.667. The second-order valence-electron chi connectivity index (χ2n) is 8.66. The van der Waals surface area contributed by atoms with Crippen LogP contribution in [0.4, 0.5) is 10.5 Å². The van der Waals surface area contributed by atoms with Crippen LogP contribution in [-0.4, -0.2) is 48.2 Å². The molecule has 1 amide bonds. The smallest absolute Gasteiger partial charge is 0.474 e. The number of hydrogen-bond donors (Lipinski definition) is 0. The van der Waals surface area contributed by atoms with E-state index in [2.05, 4.69) is 4.98 Å². The minimum atomic E-state index is -0.577. The van der Waals surface area contributed by atoms with E-state index in [9.17, 15) is 4.79 Å². The molecule has 1 saturated heterocycles. The average molecular weight is 362 g/mol. The van der Waals surface area contributed by atoms with E-state index in [1.807, 2.05) is 54.5 Å². The van der Waals surface area contributed by atoms with Crippen LogP contribution in [0.2, 0.25) is 0 Å². The van der Waals surface area contributed by atoms with Crippen molar-refractivity contribution < 1.29 is 23.6 Å². The van der Waals surface area contributed by atoms with Gasteiger partial charge < -0.3 is 18.8 Å². The Morgan fingerprint density at radius 1 is 1.23 bits per heavy atom. The molecule has 0 N–H and O–H groups in total. The van der Waals surface area contributed by atoms with Crippen molar-refractivity contribution in [3.05, 3.63) is 12.3 Å². The lowest BCUT2D eigenvalue weighted by atomic mass is 9.80. The molecule has 0 spiro atoms. The summed E-state index contributed by atoms with van der Waals surface area (Å²) in [5, 5.41) is 0. The Labute approximate surface area is 155 Å². The molecule has 3 heterocycles. The molecule has 0 saturated carbocycles. The standard InChI is InChI=1S/C18H27BN2O5/c1-16(2,3)24-15(22)21-8-9-23-14-13(21)10-12(11-20-14)19-25-17(4,5)18(6,7)26-19/h10-11H,8-9H2,1-7H3. The highest BCUT2D eigenvalue weighted by Crippen LogP contribution is 2.37. The summed E-state index contributed by atoms with van der Waals surface area (Å²) in [4.78, 5) is 18.5. The molecule has 0 unspecified atom stereocenters. The van der Waals surface area contributed by atoms with Gasteiger partial charge in [-0.3, -0.25) is 4.90 Å². The first-order valence-electron chi connectivity index (χ1n) is 8.88. The number of nitrogens with zero attached hydrogens (tertiary/aromatic N) is 2. The third kappa shape index (κ3) is 3.53. The molecule has 1 fully saturated rings. The number of anilines is 1. The van der Waals surface area contributed by atoms with Gasteiger partial charge in [0.05, 0.1) is 17.7 Å². The molecule has 0 bridgehead atoms. The zero-order valence-electron chi connectivity index (χ0n) is 16.6. The van der Waals surface area contributed by atoms with Crippen molar-refractivity contribution in [2.75, 3.05) is 18.1 Å². The Bertz CT molecular complexity index is 698. The quantitative estimate of drug-likeness (QED) is 0.715. The van der Waals surface area contributed by atoms with Gasteiger partial charge in [-0.2, -0.15) is 0 Å². The van der Waals surface area contributed by atoms with E-state index in [4.69, 9.17) is 18.8 Å². The lowest BCUT2D eigenvalue weighted by Crippen LogP contribution is -2.43. The van der Waals surface area contributed by atoms with Gasteiger partial charge >= 0.3 is 13.2 Å². The average Bonchev–Trinajstić information content (AvgIpc) is 2.72. The van der Waals surface area contributed by atoms with E-state index in [1.54, 1.807) is 11.1 Å². The summed E-state index contributed by atoms with van der Waals surface area (Å²) in [7, 11) is -0.555. The van der Waals surface area contributed by atoms with Gasteiger partial charge in [0.15, 0.2) is 0 Å². The molecule has 2 aliphatic rings. The van der Waals surface area contributed by atoms with Gasteiger partial charge in [0, 0.05) is 11.7 Å². The normalized spacial score (nSPS) is 21.2. The first-order valence-corrected chi connectivity index (χ1v) is 8.88. The number of rotatable bonds is 1. The molecular formula is C18H27BN2O5. The Balaban J connectivity index is 1.89. The van der Waals surface area contributed by atoms with E-state index in [1.165, 1.54) is 0 Å². The van der Waals surface area contributed by atoms with Crippen LogP contribution in [0.15, 0.2) is 12.3 Å². The van der Waals surface area contributed by atoms with Gasteiger partial charge in [0.25, 0.3) is 0 Å². The van der Waals surface area contributed by atoms with Crippen molar-refractivity contribution >= 4 is 24.4 Å². The van der Waals surface area contributed by atoms with Crippen molar-refractivity contribution in [1.29, 1.82) is 0 Å². The molecule has 2 aliphatic heterocycles. The second-order valence-corrected chi connectivity index (χ2v) is 8.66. The van der Waals surface area contributed by atoms with Crippen LogP contribution in [0.25, 0.3) is 0 Å². The third-order valence-electron chi connectivity index (χ3n) is 4.84. The maximum absolute atomic E-state index is 12.6. The maximum atomic E-state index is 12.6. The highest BCUT2D eigenvalue weighted by molar-refractivity contribution is 6.62. The summed E-state index contributed by atoms with van der Waals surface area (Å²) < 4.78 is 23.3. The fourth-order valence-electron chi connectivity index (χ4n) is 2.73. The third-order valence-corrected chi connectivity index (χ3v) is 4.84. The predicted molar refractivity (Wildman–Crippen MR) is 99.0 cm³/mol. The Morgan fingerprint density at radius 3 is 2.42 bits per heavy atom. The molecule has 142 valence electrons. The SMILES string of the molecule is CC(C)(C)OC(=O)N1CCOc2ncc(B3OC(C)(C)C(C)(C)O3)cc21. The summed E-state index contributed by atoms with van der Waals surface area (Å²) in [5.41, 5.74) is -0.171. The van der Waals surface area contributed by atoms with E-state index in [0.29, 0.717) is 24.7 Å². The van der Waals surface area contributed by atoms with Crippen molar-refractivity contribution in [2.45, 2.75) is 65.3 Å². The van der Waals surface area contributed by atoms with Crippen LogP contribution in [0.5, 0.6) is 5.88 Å². The molecule has 26 heavy (non-hydrogen) atoms. The Morgan fingerprint density at radius 2 is 1.85 bits per heavy atom. The molecule has 8 heteroatoms. The van der Waals surface area contributed by atoms with E-state index >= 15 is 0 Å². The van der Waals surface area contributed by atoms with Gasteiger partial charge in [0.1, 0.15) is 17.9 Å². The molecule has 0 aliphatic carbocycles. The first-order chi connectivity index (χ1) is 11.9. The monoisotopic (exact) mass is 362 g/mol. The highest BCUT2D eigenvalue weighted by atomic mass is 16.7. The molecule has 3 rings (SSSR count). The van der Waals surface area contributed by atoms with Gasteiger partial charge in [-0.25, -0.2) is 9.78 Å². The van der Waals surface area contributed by atoms with Crippen LogP contribution in [0, 0.1) is 0 Å². The van der Waals surface area contributed by atoms with Crippen LogP contribution in [0.1, 0.15) is 48.5 Å². The molecule has 0 atom stereocenters. The number of carbonyl (C=O) groups excluding carboxylic acids is 1. The largest absolute Gasteiger partial charge is 0.496 e. The van der Waals surface area contributed by atoms with Gasteiger partial charge in [-0.1, -0.05) is 0 Å². The zero-order valence-corrected chi connectivity index (χ0v) is 16.6. The van der Waals surface area contributed by atoms with Crippen molar-refractivity contribution in [2.24, 2.45) is 0 Å². The zero-order chi connectivity index (χ0) is 19.3. The minimum Gasteiger partial charge on any atom is -0.474 e. The minimum absolute atomic E-state index is 0.370. The van der Waals surface area contributed by atoms with Crippen molar-refractivity contribution in [1.82, 2.24) is 4.98 Å². The van der Waals surface area contributed by atoms with Crippen molar-refractivity contribution in [3.8, 4) is 5.88 Å². The molecule has 1 aromatic rings. The molecule has 1 aromatic heterocycles. The van der Waals surface area contributed by atoms with E-state index < -0.39 is 30.0 Å². The van der Waals surface area contributed by atoms with Crippen LogP contribution >= 0.6 is 0 Å². The molecule has 0 radical (unpaired) electrons. The second kappa shape index (κ2) is 6.13. The number of amides is 1. The van der Waals surface area contributed by atoms with Gasteiger partial charge in [-0.15, -0.1) is 0 Å². The summed E-state index contributed by atoms with van der Waals surface area (Å²) in [6.45, 7) is 14.3. The topological polar surface area (TPSA) is 70.1 Å². The van der Waals surface area contributed by atoms with Gasteiger partial charge in [-0.05, 0) is 54.5 Å². The van der Waals surface area contributed by atoms with Crippen LogP contribution in [0.3, 0.4) is 0 Å². The number of fused-ring (bicyclic) bond motifs is 1. The Hall–Kier alpha value is -1.80. The van der Waals surface area contributed by atoms with Crippen LogP contribution < -0.4 is 15.1 Å². The number of hydrogen-bond acceptors (Lipinski definition) is 6. The maximum Gasteiger partial charge on any atom is 0.496 e. The van der Waals surface area contributed by atoms with E-state index in [0.717, 1.165) is 5.46 Å². The van der Waals surface area contributed by atoms with Gasteiger partial charge in [0.2, 0.25) is 5.88 Å². The summed E-state index contributed by atoms with van der Waals surface area (Å²) in [6, 6.07) is 1.83. The highest BCUT2D eigenvalue weighted by Gasteiger charge is 2.52. The number of ether oxygens (including phenoxy) is 2. The lowest BCUT2D eigenvalue weighted by molar-refractivity contribution is 0.00578. The molecule has 7 nitrogen and oxygen atoms in total. The van der Waals surface area contributed by atoms with Crippen molar-refractivity contribution in [3.63, 3.8) is 0 Å². The number of carbonyl (C=O) groups is 1. The number of pyridine rings is 1. The lowest BCUT2D eigenvalue weighted by Gasteiger charge is -2.32. The molecule has 0 aromatic carbocycles. The first kappa shape index (κ1) is 19.0. The van der Waals surface area contributed by atoms with E-state index in [-0.39, 0.29) is 0 Å². The summed E-state index contributed by atoms with van der Waals surface area (Å²) >= 11 is 0. The van der Waals surface area contributed by atoms with Crippen LogP contribution in [-0.2, 0) is 14.0 Å². The fourth-order valence-corrected chi connectivity index (χ4v) is 2.73. The molecular weight excluding hydrogens is 335 g/mol. The predicted octanol–water partition coefficient (Wildman–Crippen LogP) is 2.51.